The predicted molar refractivity (Wildman–Crippen MR) is 69.5 cm³/mol. The maximum Gasteiger partial charge on any atom is 0.254 e. The van der Waals surface area contributed by atoms with Crippen LogP contribution in [0.4, 0.5) is 5.69 Å². The summed E-state index contributed by atoms with van der Waals surface area (Å²) < 4.78 is 5.21. The van der Waals surface area contributed by atoms with Gasteiger partial charge in [-0.3, -0.25) is 9.63 Å². The summed E-state index contributed by atoms with van der Waals surface area (Å²) in [7, 11) is 3.13. The largest absolute Gasteiger partial charge is 0.497 e. The molecule has 4 heteroatoms. The van der Waals surface area contributed by atoms with E-state index in [1.807, 2.05) is 18.2 Å². The van der Waals surface area contributed by atoms with Crippen molar-refractivity contribution < 1.29 is 14.4 Å². The number of rotatable bonds is 4. The summed E-state index contributed by atoms with van der Waals surface area (Å²) in [6, 6.07) is 5.62. The van der Waals surface area contributed by atoms with Gasteiger partial charge in [0.05, 0.1) is 19.9 Å². The summed E-state index contributed by atoms with van der Waals surface area (Å²) in [4.78, 5) is 17.4. The number of amides is 1. The van der Waals surface area contributed by atoms with Gasteiger partial charge in [0.2, 0.25) is 0 Å². The van der Waals surface area contributed by atoms with Crippen LogP contribution in [0.5, 0.6) is 5.75 Å². The molecule has 1 unspecified atom stereocenters. The minimum absolute atomic E-state index is 0.0185. The minimum Gasteiger partial charge on any atom is -0.497 e. The summed E-state index contributed by atoms with van der Waals surface area (Å²) in [5.74, 6) is 0.661. The number of carbonyl (C=O) groups excluding carboxylic acids is 1. The van der Waals surface area contributed by atoms with Crippen LogP contribution in [0.15, 0.2) is 30.9 Å². The Bertz CT molecular complexity index is 470. The first-order valence-electron chi connectivity index (χ1n) is 5.87. The lowest BCUT2D eigenvalue weighted by Crippen LogP contribution is -2.40. The average Bonchev–Trinajstić information content (AvgIpc) is 2.39. The minimum atomic E-state index is -0.109. The van der Waals surface area contributed by atoms with Crippen LogP contribution in [-0.4, -0.2) is 20.1 Å². The zero-order chi connectivity index (χ0) is 13.1. The molecule has 1 heterocycles. The number of anilines is 1. The second-order valence-electron chi connectivity index (χ2n) is 4.24. The SMILES string of the molecule is C=CCC1Cc2cc(OC)ccc2N(OC)C1=O. The number of carbonyl (C=O) groups is 1. The molecule has 0 radical (unpaired) electrons. The van der Waals surface area contributed by atoms with Crippen LogP contribution in [0.3, 0.4) is 0 Å². The van der Waals surface area contributed by atoms with Gasteiger partial charge in [-0.25, -0.2) is 0 Å². The van der Waals surface area contributed by atoms with E-state index in [1.54, 1.807) is 13.2 Å². The van der Waals surface area contributed by atoms with Crippen molar-refractivity contribution in [3.05, 3.63) is 36.4 Å². The Morgan fingerprint density at radius 3 is 2.89 bits per heavy atom. The number of methoxy groups -OCH3 is 1. The number of hydrogen-bond donors (Lipinski definition) is 0. The maximum atomic E-state index is 12.2. The molecule has 0 aliphatic carbocycles. The number of fused-ring (bicyclic) bond motifs is 1. The molecular formula is C14H17NO3. The molecule has 18 heavy (non-hydrogen) atoms. The maximum absolute atomic E-state index is 12.2. The summed E-state index contributed by atoms with van der Waals surface area (Å²) in [6.45, 7) is 3.69. The van der Waals surface area contributed by atoms with E-state index < -0.39 is 0 Å². The van der Waals surface area contributed by atoms with Gasteiger partial charge in [-0.1, -0.05) is 6.08 Å². The molecule has 2 rings (SSSR count). The lowest BCUT2D eigenvalue weighted by atomic mass is 9.90. The van der Waals surface area contributed by atoms with E-state index in [0.29, 0.717) is 12.8 Å². The average molecular weight is 247 g/mol. The smallest absolute Gasteiger partial charge is 0.254 e. The zero-order valence-corrected chi connectivity index (χ0v) is 10.7. The van der Waals surface area contributed by atoms with Gasteiger partial charge in [-0.15, -0.1) is 6.58 Å². The van der Waals surface area contributed by atoms with Crippen LogP contribution in [0.2, 0.25) is 0 Å². The first kappa shape index (κ1) is 12.6. The van der Waals surface area contributed by atoms with Crippen LogP contribution in [-0.2, 0) is 16.1 Å². The first-order valence-corrected chi connectivity index (χ1v) is 5.87. The highest BCUT2D eigenvalue weighted by atomic mass is 16.7. The van der Waals surface area contributed by atoms with Crippen molar-refractivity contribution in [1.82, 2.24) is 0 Å². The van der Waals surface area contributed by atoms with Crippen LogP contribution < -0.4 is 9.80 Å². The summed E-state index contributed by atoms with van der Waals surface area (Å²) in [5, 5.41) is 1.35. The molecule has 0 saturated heterocycles. The number of allylic oxidation sites excluding steroid dienone is 1. The molecule has 0 fully saturated rings. The molecule has 0 bridgehead atoms. The van der Waals surface area contributed by atoms with Gasteiger partial charge in [-0.05, 0) is 36.6 Å². The van der Waals surface area contributed by atoms with E-state index in [4.69, 9.17) is 9.57 Å². The van der Waals surface area contributed by atoms with Crippen molar-refractivity contribution in [1.29, 1.82) is 0 Å². The number of ether oxygens (including phenoxy) is 1. The first-order chi connectivity index (χ1) is 8.71. The van der Waals surface area contributed by atoms with E-state index in [1.165, 1.54) is 12.2 Å². The Morgan fingerprint density at radius 2 is 2.28 bits per heavy atom. The third-order valence-electron chi connectivity index (χ3n) is 3.15. The van der Waals surface area contributed by atoms with Crippen molar-refractivity contribution in [3.63, 3.8) is 0 Å². The lowest BCUT2D eigenvalue weighted by molar-refractivity contribution is -0.129. The molecule has 0 N–H and O–H groups in total. The number of hydrogen-bond acceptors (Lipinski definition) is 3. The Morgan fingerprint density at radius 1 is 1.50 bits per heavy atom. The van der Waals surface area contributed by atoms with Gasteiger partial charge in [0.25, 0.3) is 5.91 Å². The van der Waals surface area contributed by atoms with E-state index in [2.05, 4.69) is 6.58 Å². The molecule has 96 valence electrons. The van der Waals surface area contributed by atoms with Crippen molar-refractivity contribution in [2.24, 2.45) is 5.92 Å². The normalized spacial score (nSPS) is 18.4. The van der Waals surface area contributed by atoms with Crippen LogP contribution in [0.25, 0.3) is 0 Å². The Hall–Kier alpha value is -1.81. The highest BCUT2D eigenvalue weighted by Crippen LogP contribution is 2.34. The van der Waals surface area contributed by atoms with E-state index in [9.17, 15) is 4.79 Å². The molecule has 1 aromatic rings. The van der Waals surface area contributed by atoms with Gasteiger partial charge >= 0.3 is 0 Å². The summed E-state index contributed by atoms with van der Waals surface area (Å²) in [6.07, 6.45) is 3.11. The standard InChI is InChI=1S/C14H17NO3/c1-4-5-10-8-11-9-12(17-2)6-7-13(11)15(18-3)14(10)16/h4,6-7,9-10H,1,5,8H2,2-3H3. The second-order valence-corrected chi connectivity index (χ2v) is 4.24. The monoisotopic (exact) mass is 247 g/mol. The third kappa shape index (κ3) is 2.11. The molecule has 0 aromatic heterocycles. The lowest BCUT2D eigenvalue weighted by Gasteiger charge is -2.31. The highest BCUT2D eigenvalue weighted by Gasteiger charge is 2.32. The molecule has 0 saturated carbocycles. The number of hydroxylamine groups is 1. The van der Waals surface area contributed by atoms with Gasteiger partial charge < -0.3 is 4.74 Å². The Labute approximate surface area is 107 Å². The highest BCUT2D eigenvalue weighted by molar-refractivity contribution is 5.96. The fraction of sp³-hybridized carbons (Fsp3) is 0.357. The number of benzene rings is 1. The molecule has 4 nitrogen and oxygen atoms in total. The molecule has 1 aromatic carbocycles. The van der Waals surface area contributed by atoms with E-state index >= 15 is 0 Å². The van der Waals surface area contributed by atoms with Gasteiger partial charge in [0.1, 0.15) is 5.75 Å². The zero-order valence-electron chi connectivity index (χ0n) is 10.7. The second kappa shape index (κ2) is 5.23. The summed E-state index contributed by atoms with van der Waals surface area (Å²) >= 11 is 0. The van der Waals surface area contributed by atoms with Crippen molar-refractivity contribution >= 4 is 11.6 Å². The topological polar surface area (TPSA) is 38.8 Å². The third-order valence-corrected chi connectivity index (χ3v) is 3.15. The van der Waals surface area contributed by atoms with Gasteiger partial charge in [-0.2, -0.15) is 5.06 Å². The Kier molecular flexibility index (Phi) is 3.67. The van der Waals surface area contributed by atoms with Gasteiger partial charge in [0.15, 0.2) is 0 Å². The van der Waals surface area contributed by atoms with E-state index in [0.717, 1.165) is 17.0 Å². The van der Waals surface area contributed by atoms with Gasteiger partial charge in [0, 0.05) is 5.92 Å². The molecule has 1 aliphatic rings. The molecule has 1 amide bonds. The summed E-state index contributed by atoms with van der Waals surface area (Å²) in [5.41, 5.74) is 1.85. The fourth-order valence-electron chi connectivity index (χ4n) is 2.26. The number of nitrogens with zero attached hydrogens (tertiary/aromatic N) is 1. The van der Waals surface area contributed by atoms with Crippen LogP contribution in [0, 0.1) is 5.92 Å². The van der Waals surface area contributed by atoms with Crippen molar-refractivity contribution in [2.75, 3.05) is 19.3 Å². The van der Waals surface area contributed by atoms with E-state index in [-0.39, 0.29) is 11.8 Å². The van der Waals surface area contributed by atoms with Crippen molar-refractivity contribution in [2.45, 2.75) is 12.8 Å². The van der Waals surface area contributed by atoms with Crippen molar-refractivity contribution in [3.8, 4) is 5.75 Å². The fourth-order valence-corrected chi connectivity index (χ4v) is 2.26. The molecule has 1 aliphatic heterocycles. The van der Waals surface area contributed by atoms with Crippen LogP contribution >= 0.6 is 0 Å². The molecule has 0 spiro atoms. The molecular weight excluding hydrogens is 230 g/mol. The molecule has 1 atom stereocenters. The Balaban J connectivity index is 2.41. The van der Waals surface area contributed by atoms with Crippen LogP contribution in [0.1, 0.15) is 12.0 Å². The quantitative estimate of drug-likeness (QED) is 0.766. The predicted octanol–water partition coefficient (Wildman–Crippen LogP) is 2.34.